The molecule has 0 saturated carbocycles. The van der Waals surface area contributed by atoms with Gasteiger partial charge in [-0.3, -0.25) is 0 Å². The van der Waals surface area contributed by atoms with Crippen LogP contribution in [0.4, 0.5) is 0 Å². The van der Waals surface area contributed by atoms with Gasteiger partial charge in [-0.05, 0) is 48.9 Å². The first kappa shape index (κ1) is 23.7. The van der Waals surface area contributed by atoms with Crippen LogP contribution in [0.1, 0.15) is 17.5 Å². The molecule has 3 aromatic rings. The Hall–Kier alpha value is -1.99. The second-order valence-corrected chi connectivity index (χ2v) is 8.30. The fraction of sp³-hybridized carbons (Fsp3) is 0.261. The molecule has 0 fully saturated rings. The summed E-state index contributed by atoms with van der Waals surface area (Å²) in [5.41, 5.74) is 1.80. The number of hydrogen-bond donors (Lipinski definition) is 1. The van der Waals surface area contributed by atoms with E-state index in [-0.39, 0.29) is 6.61 Å². The first-order valence-electron chi connectivity index (χ1n) is 9.75. The van der Waals surface area contributed by atoms with Crippen LogP contribution in [0.3, 0.4) is 0 Å². The second kappa shape index (κ2) is 12.2. The summed E-state index contributed by atoms with van der Waals surface area (Å²) < 4.78 is 18.0. The Balaban J connectivity index is 1.51. The third kappa shape index (κ3) is 7.01. The van der Waals surface area contributed by atoms with E-state index in [2.05, 4.69) is 26.2 Å². The summed E-state index contributed by atoms with van der Waals surface area (Å²) in [6.07, 6.45) is 2.58. The molecule has 3 rings (SSSR count). The van der Waals surface area contributed by atoms with E-state index in [1.165, 1.54) is 0 Å². The van der Waals surface area contributed by atoms with Gasteiger partial charge in [0.1, 0.15) is 6.61 Å². The maximum atomic E-state index is 6.23. The van der Waals surface area contributed by atoms with Gasteiger partial charge in [-0.15, -0.1) is 0 Å². The fourth-order valence-corrected chi connectivity index (χ4v) is 3.80. The number of methoxy groups -OCH3 is 1. The molecule has 1 heterocycles. The lowest BCUT2D eigenvalue weighted by atomic mass is 10.2. The van der Waals surface area contributed by atoms with Gasteiger partial charge in [-0.2, -0.15) is 0 Å². The Morgan fingerprint density at radius 2 is 1.81 bits per heavy atom. The number of halogens is 3. The molecule has 0 spiro atoms. The van der Waals surface area contributed by atoms with E-state index in [1.54, 1.807) is 31.5 Å². The summed E-state index contributed by atoms with van der Waals surface area (Å²) >= 11 is 16.1. The molecule has 0 unspecified atom stereocenters. The second-order valence-electron chi connectivity index (χ2n) is 6.63. The van der Waals surface area contributed by atoms with E-state index in [0.717, 1.165) is 28.6 Å². The minimum Gasteiger partial charge on any atom is -0.493 e. The average Bonchev–Trinajstić information content (AvgIpc) is 2.77. The zero-order chi connectivity index (χ0) is 22.1. The number of hydrogen-bond acceptors (Lipinski definition) is 5. The van der Waals surface area contributed by atoms with Crippen LogP contribution in [-0.2, 0) is 13.2 Å². The molecule has 0 aliphatic carbocycles. The number of rotatable bonds is 11. The van der Waals surface area contributed by atoms with Crippen LogP contribution in [0, 0.1) is 0 Å². The average molecular weight is 526 g/mol. The minimum absolute atomic E-state index is 0.245. The van der Waals surface area contributed by atoms with Crippen LogP contribution in [0.5, 0.6) is 17.4 Å². The SMILES string of the molecule is COc1cc(CNCCCOc2ccccn2)c(Br)cc1OCc1c(Cl)cccc1Cl. The summed E-state index contributed by atoms with van der Waals surface area (Å²) in [5.74, 6) is 1.89. The van der Waals surface area contributed by atoms with E-state index in [9.17, 15) is 0 Å². The Bertz CT molecular complexity index is 970. The van der Waals surface area contributed by atoms with Crippen LogP contribution in [-0.4, -0.2) is 25.2 Å². The van der Waals surface area contributed by atoms with Gasteiger partial charge in [0.05, 0.1) is 13.7 Å². The normalized spacial score (nSPS) is 10.7. The molecule has 0 amide bonds. The maximum absolute atomic E-state index is 6.23. The Kier molecular flexibility index (Phi) is 9.28. The van der Waals surface area contributed by atoms with Crippen molar-refractivity contribution in [3.63, 3.8) is 0 Å². The lowest BCUT2D eigenvalue weighted by Crippen LogP contribution is -2.17. The van der Waals surface area contributed by atoms with Crippen LogP contribution < -0.4 is 19.5 Å². The quantitative estimate of drug-likeness (QED) is 0.298. The summed E-state index contributed by atoms with van der Waals surface area (Å²) in [6, 6.07) is 14.8. The summed E-state index contributed by atoms with van der Waals surface area (Å²) in [6.45, 7) is 2.34. The van der Waals surface area contributed by atoms with Crippen molar-refractivity contribution in [3.8, 4) is 17.4 Å². The van der Waals surface area contributed by atoms with E-state index in [0.29, 0.717) is 40.6 Å². The molecule has 0 aliphatic heterocycles. The van der Waals surface area contributed by atoms with Crippen molar-refractivity contribution in [1.82, 2.24) is 10.3 Å². The molecule has 31 heavy (non-hydrogen) atoms. The molecule has 2 aromatic carbocycles. The van der Waals surface area contributed by atoms with Gasteiger partial charge in [0, 0.05) is 38.9 Å². The van der Waals surface area contributed by atoms with Gasteiger partial charge in [-0.25, -0.2) is 4.98 Å². The molecular formula is C23H23BrCl2N2O3. The Labute approximate surface area is 200 Å². The van der Waals surface area contributed by atoms with Gasteiger partial charge in [0.25, 0.3) is 0 Å². The highest BCUT2D eigenvalue weighted by Gasteiger charge is 2.13. The largest absolute Gasteiger partial charge is 0.493 e. The van der Waals surface area contributed by atoms with Gasteiger partial charge in [-0.1, -0.05) is 51.3 Å². The number of nitrogens with one attached hydrogen (secondary N) is 1. The lowest BCUT2D eigenvalue weighted by molar-refractivity contribution is 0.284. The van der Waals surface area contributed by atoms with Crippen molar-refractivity contribution in [2.24, 2.45) is 0 Å². The van der Waals surface area contributed by atoms with Crippen LogP contribution >= 0.6 is 39.1 Å². The molecule has 5 nitrogen and oxygen atoms in total. The highest BCUT2D eigenvalue weighted by atomic mass is 79.9. The first-order valence-corrected chi connectivity index (χ1v) is 11.3. The van der Waals surface area contributed by atoms with Gasteiger partial charge in [0.2, 0.25) is 5.88 Å². The molecule has 0 radical (unpaired) electrons. The van der Waals surface area contributed by atoms with Gasteiger partial charge in [0.15, 0.2) is 11.5 Å². The van der Waals surface area contributed by atoms with E-state index < -0.39 is 0 Å². The van der Waals surface area contributed by atoms with Crippen molar-refractivity contribution >= 4 is 39.1 Å². The van der Waals surface area contributed by atoms with Crippen molar-refractivity contribution in [2.45, 2.75) is 19.6 Å². The first-order chi connectivity index (χ1) is 15.1. The molecular weight excluding hydrogens is 503 g/mol. The van der Waals surface area contributed by atoms with Crippen LogP contribution in [0.2, 0.25) is 10.0 Å². The molecule has 0 aliphatic rings. The summed E-state index contributed by atoms with van der Waals surface area (Å²) in [4.78, 5) is 4.14. The van der Waals surface area contributed by atoms with Gasteiger partial charge >= 0.3 is 0 Å². The molecule has 0 saturated heterocycles. The lowest BCUT2D eigenvalue weighted by Gasteiger charge is -2.15. The summed E-state index contributed by atoms with van der Waals surface area (Å²) in [7, 11) is 1.62. The zero-order valence-corrected chi connectivity index (χ0v) is 20.1. The fourth-order valence-electron chi connectivity index (χ4n) is 2.83. The number of aromatic nitrogens is 1. The number of ether oxygens (including phenoxy) is 3. The smallest absolute Gasteiger partial charge is 0.213 e. The zero-order valence-electron chi connectivity index (χ0n) is 17.0. The Morgan fingerprint density at radius 3 is 2.52 bits per heavy atom. The highest BCUT2D eigenvalue weighted by Crippen LogP contribution is 2.35. The molecule has 164 valence electrons. The summed E-state index contributed by atoms with van der Waals surface area (Å²) in [5, 5.41) is 4.55. The third-order valence-electron chi connectivity index (χ3n) is 4.47. The molecule has 1 N–H and O–H groups in total. The number of pyridine rings is 1. The molecule has 0 bridgehead atoms. The van der Waals surface area contributed by atoms with E-state index in [4.69, 9.17) is 37.4 Å². The monoisotopic (exact) mass is 524 g/mol. The maximum Gasteiger partial charge on any atom is 0.213 e. The van der Waals surface area contributed by atoms with E-state index in [1.807, 2.05) is 30.3 Å². The molecule has 0 atom stereocenters. The van der Waals surface area contributed by atoms with Gasteiger partial charge < -0.3 is 19.5 Å². The van der Waals surface area contributed by atoms with Crippen LogP contribution in [0.25, 0.3) is 0 Å². The van der Waals surface area contributed by atoms with E-state index >= 15 is 0 Å². The van der Waals surface area contributed by atoms with Crippen LogP contribution in [0.15, 0.2) is 59.2 Å². The topological polar surface area (TPSA) is 52.6 Å². The predicted molar refractivity (Wildman–Crippen MR) is 128 cm³/mol. The Morgan fingerprint density at radius 1 is 1.00 bits per heavy atom. The standard InChI is InChI=1S/C23H23BrCl2N2O3/c1-29-21-12-16(14-27-9-5-11-30-23-8-2-3-10-28-23)18(24)13-22(21)31-15-17-19(25)6-4-7-20(17)26/h2-4,6-8,10,12-13,27H,5,9,11,14-15H2,1H3. The van der Waals surface area contributed by atoms with Crippen molar-refractivity contribution < 1.29 is 14.2 Å². The minimum atomic E-state index is 0.245. The number of benzene rings is 2. The number of nitrogens with zero attached hydrogens (tertiary/aromatic N) is 1. The van der Waals surface area contributed by atoms with Crippen molar-refractivity contribution in [1.29, 1.82) is 0 Å². The van der Waals surface area contributed by atoms with Crippen molar-refractivity contribution in [3.05, 3.63) is 80.4 Å². The molecule has 1 aromatic heterocycles. The van der Waals surface area contributed by atoms with Crippen molar-refractivity contribution in [2.75, 3.05) is 20.3 Å². The predicted octanol–water partition coefficient (Wildman–Crippen LogP) is 6.30. The molecule has 8 heteroatoms. The third-order valence-corrected chi connectivity index (χ3v) is 5.91. The highest BCUT2D eigenvalue weighted by molar-refractivity contribution is 9.10.